The van der Waals surface area contributed by atoms with Crippen molar-refractivity contribution in [2.45, 2.75) is 24.4 Å². The van der Waals surface area contributed by atoms with Crippen molar-refractivity contribution in [1.29, 1.82) is 0 Å². The van der Waals surface area contributed by atoms with Crippen LogP contribution in [0.1, 0.15) is 12.2 Å². The van der Waals surface area contributed by atoms with E-state index >= 15 is 0 Å². The number of imidazole rings is 1. The van der Waals surface area contributed by atoms with Crippen LogP contribution >= 0.6 is 0 Å². The van der Waals surface area contributed by atoms with Gasteiger partial charge in [0.1, 0.15) is 5.82 Å². The molecule has 20 heavy (non-hydrogen) atoms. The van der Waals surface area contributed by atoms with Gasteiger partial charge in [-0.15, -0.1) is 0 Å². The summed E-state index contributed by atoms with van der Waals surface area (Å²) in [5, 5.41) is 4.07. The monoisotopic (exact) mass is 295 g/mol. The molecule has 0 aromatic carbocycles. The normalized spacial score (nSPS) is 18.9. The number of rotatable bonds is 4. The standard InChI is InChI=1S/C12H17N5O2S/c1-16-12(2-4-14-16)20(18,19)15-9-10-3-6-17-7-5-13-11(17)8-10/h2,4-5,7,10,15H,3,6,8-9H2,1H3/t10-/m0/s1. The van der Waals surface area contributed by atoms with Crippen LogP contribution in [-0.2, 0) is 30.0 Å². The van der Waals surface area contributed by atoms with Crippen LogP contribution in [0.2, 0.25) is 0 Å². The summed E-state index contributed by atoms with van der Waals surface area (Å²) in [6.07, 6.45) is 6.99. The molecule has 108 valence electrons. The highest BCUT2D eigenvalue weighted by Gasteiger charge is 2.23. The van der Waals surface area contributed by atoms with Crippen LogP contribution in [0.25, 0.3) is 0 Å². The Morgan fingerprint density at radius 1 is 1.45 bits per heavy atom. The fraction of sp³-hybridized carbons (Fsp3) is 0.500. The zero-order valence-corrected chi connectivity index (χ0v) is 12.0. The van der Waals surface area contributed by atoms with Crippen molar-refractivity contribution >= 4 is 10.0 Å². The Bertz CT molecular complexity index is 703. The molecule has 0 bridgehead atoms. The predicted molar refractivity (Wildman–Crippen MR) is 72.4 cm³/mol. The molecule has 7 nitrogen and oxygen atoms in total. The fourth-order valence-corrected chi connectivity index (χ4v) is 3.75. The van der Waals surface area contributed by atoms with E-state index in [0.717, 1.165) is 25.2 Å². The van der Waals surface area contributed by atoms with Gasteiger partial charge < -0.3 is 4.57 Å². The summed E-state index contributed by atoms with van der Waals surface area (Å²) in [6, 6.07) is 1.50. The third kappa shape index (κ3) is 2.48. The number of nitrogens with one attached hydrogen (secondary N) is 1. The molecule has 1 aliphatic heterocycles. The molecule has 2 aromatic rings. The fourth-order valence-electron chi connectivity index (χ4n) is 2.52. The Kier molecular flexibility index (Phi) is 3.35. The lowest BCUT2D eigenvalue weighted by atomic mass is 9.98. The molecule has 0 fully saturated rings. The van der Waals surface area contributed by atoms with E-state index in [1.165, 1.54) is 16.9 Å². The minimum Gasteiger partial charge on any atom is -0.335 e. The number of aromatic nitrogens is 4. The molecule has 1 N–H and O–H groups in total. The van der Waals surface area contributed by atoms with Gasteiger partial charge in [-0.1, -0.05) is 0 Å². The summed E-state index contributed by atoms with van der Waals surface area (Å²) >= 11 is 0. The third-order valence-corrected chi connectivity index (χ3v) is 5.16. The molecule has 1 aliphatic rings. The molecule has 0 spiro atoms. The summed E-state index contributed by atoms with van der Waals surface area (Å²) < 4.78 is 30.5. The summed E-state index contributed by atoms with van der Waals surface area (Å²) in [6.45, 7) is 1.33. The molecule has 8 heteroatoms. The average molecular weight is 295 g/mol. The van der Waals surface area contributed by atoms with Gasteiger partial charge in [-0.3, -0.25) is 4.68 Å². The van der Waals surface area contributed by atoms with Gasteiger partial charge in [0.15, 0.2) is 5.03 Å². The summed E-state index contributed by atoms with van der Waals surface area (Å²) in [7, 11) is -1.87. The second-order valence-electron chi connectivity index (χ2n) is 5.04. The van der Waals surface area contributed by atoms with E-state index in [4.69, 9.17) is 0 Å². The molecule has 0 amide bonds. The average Bonchev–Trinajstić information content (AvgIpc) is 3.04. The zero-order chi connectivity index (χ0) is 14.2. The Labute approximate surface area is 117 Å². The van der Waals surface area contributed by atoms with Gasteiger partial charge in [0.2, 0.25) is 0 Å². The van der Waals surface area contributed by atoms with Gasteiger partial charge in [0.05, 0.1) is 6.20 Å². The van der Waals surface area contributed by atoms with Gasteiger partial charge >= 0.3 is 0 Å². The van der Waals surface area contributed by atoms with E-state index in [9.17, 15) is 8.42 Å². The molecule has 0 aliphatic carbocycles. The van der Waals surface area contributed by atoms with Crippen molar-refractivity contribution in [2.75, 3.05) is 6.54 Å². The Morgan fingerprint density at radius 2 is 2.30 bits per heavy atom. The van der Waals surface area contributed by atoms with Crippen LogP contribution in [0.15, 0.2) is 29.7 Å². The maximum Gasteiger partial charge on any atom is 0.257 e. The molecular formula is C12H17N5O2S. The summed E-state index contributed by atoms with van der Waals surface area (Å²) in [5.41, 5.74) is 0. The molecule has 0 radical (unpaired) electrons. The van der Waals surface area contributed by atoms with Crippen molar-refractivity contribution in [3.63, 3.8) is 0 Å². The van der Waals surface area contributed by atoms with E-state index in [0.29, 0.717) is 6.54 Å². The minimum atomic E-state index is -3.49. The predicted octanol–water partition coefficient (Wildman–Crippen LogP) is 0.157. The minimum absolute atomic E-state index is 0.190. The first kappa shape index (κ1) is 13.3. The molecule has 0 saturated heterocycles. The number of sulfonamides is 1. The van der Waals surface area contributed by atoms with Gasteiger partial charge in [-0.25, -0.2) is 18.1 Å². The molecule has 0 unspecified atom stereocenters. The molecule has 1 atom stereocenters. The summed E-state index contributed by atoms with van der Waals surface area (Å²) in [4.78, 5) is 4.29. The molecular weight excluding hydrogens is 278 g/mol. The van der Waals surface area contributed by atoms with Crippen molar-refractivity contribution in [3.8, 4) is 0 Å². The summed E-state index contributed by atoms with van der Waals surface area (Å²) in [5.74, 6) is 1.31. The Balaban J connectivity index is 1.65. The number of fused-ring (bicyclic) bond motifs is 1. The van der Waals surface area contributed by atoms with Gasteiger partial charge in [0, 0.05) is 39.0 Å². The SMILES string of the molecule is Cn1nccc1S(=O)(=O)NC[C@H]1CCn2ccnc2C1. The zero-order valence-electron chi connectivity index (χ0n) is 11.2. The van der Waals surface area contributed by atoms with E-state index in [2.05, 4.69) is 19.4 Å². The maximum atomic E-state index is 12.2. The van der Waals surface area contributed by atoms with Crippen LogP contribution in [0.4, 0.5) is 0 Å². The molecule has 0 saturated carbocycles. The second-order valence-corrected chi connectivity index (χ2v) is 6.75. The van der Waals surface area contributed by atoms with Crippen LogP contribution in [-0.4, -0.2) is 34.3 Å². The number of nitrogens with zero attached hydrogens (tertiary/aromatic N) is 4. The van der Waals surface area contributed by atoms with Gasteiger partial charge in [-0.05, 0) is 18.4 Å². The van der Waals surface area contributed by atoms with E-state index in [-0.39, 0.29) is 10.9 Å². The van der Waals surface area contributed by atoms with Crippen molar-refractivity contribution in [3.05, 3.63) is 30.5 Å². The van der Waals surface area contributed by atoms with Crippen molar-refractivity contribution in [2.24, 2.45) is 13.0 Å². The maximum absolute atomic E-state index is 12.2. The van der Waals surface area contributed by atoms with Crippen LogP contribution in [0, 0.1) is 5.92 Å². The van der Waals surface area contributed by atoms with Crippen LogP contribution in [0.3, 0.4) is 0 Å². The van der Waals surface area contributed by atoms with Crippen molar-refractivity contribution < 1.29 is 8.42 Å². The molecule has 2 aromatic heterocycles. The van der Waals surface area contributed by atoms with E-state index < -0.39 is 10.0 Å². The first-order valence-electron chi connectivity index (χ1n) is 6.54. The van der Waals surface area contributed by atoms with E-state index in [1.807, 2.05) is 6.20 Å². The lowest BCUT2D eigenvalue weighted by Crippen LogP contribution is -2.34. The van der Waals surface area contributed by atoms with Gasteiger partial charge in [-0.2, -0.15) is 5.10 Å². The lowest BCUT2D eigenvalue weighted by molar-refractivity contribution is 0.379. The topological polar surface area (TPSA) is 81.8 Å². The first-order chi connectivity index (χ1) is 9.56. The largest absolute Gasteiger partial charge is 0.335 e. The lowest BCUT2D eigenvalue weighted by Gasteiger charge is -2.23. The molecule has 3 rings (SSSR count). The Hall–Kier alpha value is -1.67. The van der Waals surface area contributed by atoms with Crippen LogP contribution in [0.5, 0.6) is 0 Å². The quantitative estimate of drug-likeness (QED) is 0.871. The Morgan fingerprint density at radius 3 is 3.05 bits per heavy atom. The number of hydrogen-bond donors (Lipinski definition) is 1. The smallest absolute Gasteiger partial charge is 0.257 e. The van der Waals surface area contributed by atoms with Crippen molar-refractivity contribution in [1.82, 2.24) is 24.1 Å². The number of hydrogen-bond acceptors (Lipinski definition) is 4. The van der Waals surface area contributed by atoms with Crippen LogP contribution < -0.4 is 4.72 Å². The highest BCUT2D eigenvalue weighted by Crippen LogP contribution is 2.19. The van der Waals surface area contributed by atoms with E-state index in [1.54, 1.807) is 13.2 Å². The van der Waals surface area contributed by atoms with Gasteiger partial charge in [0.25, 0.3) is 10.0 Å². The second kappa shape index (κ2) is 5.02. The third-order valence-electron chi connectivity index (χ3n) is 3.66. The molecule has 3 heterocycles. The number of aryl methyl sites for hydroxylation is 2. The first-order valence-corrected chi connectivity index (χ1v) is 8.02. The highest BCUT2D eigenvalue weighted by atomic mass is 32.2. The highest BCUT2D eigenvalue weighted by molar-refractivity contribution is 7.89.